The van der Waals surface area contributed by atoms with Crippen molar-refractivity contribution in [2.45, 2.75) is 32.9 Å². The van der Waals surface area contributed by atoms with Gasteiger partial charge in [0, 0.05) is 18.0 Å². The normalized spacial score (nSPS) is 27.6. The minimum atomic E-state index is -4.91. The first kappa shape index (κ1) is 14.9. The maximum absolute atomic E-state index is 13.9. The quantitative estimate of drug-likeness (QED) is 0.598. The third-order valence-electron chi connectivity index (χ3n) is 3.29. The molecule has 2 atom stereocenters. The smallest absolute Gasteiger partial charge is 0.383 e. The van der Waals surface area contributed by atoms with Crippen molar-refractivity contribution in [3.8, 4) is 0 Å². The second-order valence-electron chi connectivity index (χ2n) is 4.39. The second-order valence-corrected chi connectivity index (χ2v) is 4.39. The fraction of sp³-hybridized carbons (Fsp3) is 0.727. The Morgan fingerprint density at radius 2 is 1.83 bits per heavy atom. The van der Waals surface area contributed by atoms with E-state index in [9.17, 15) is 22.0 Å². The fourth-order valence-corrected chi connectivity index (χ4v) is 2.09. The van der Waals surface area contributed by atoms with Crippen molar-refractivity contribution < 1.29 is 22.0 Å². The lowest BCUT2D eigenvalue weighted by Gasteiger charge is -2.21. The van der Waals surface area contributed by atoms with E-state index < -0.39 is 40.9 Å². The van der Waals surface area contributed by atoms with Crippen LogP contribution in [0, 0.1) is 17.2 Å². The lowest BCUT2D eigenvalue weighted by molar-refractivity contribution is -0.0595. The Balaban J connectivity index is 3.33. The number of nitrogens with one attached hydrogen (secondary N) is 2. The molecule has 2 nitrogen and oxygen atoms in total. The van der Waals surface area contributed by atoms with Gasteiger partial charge in [-0.05, 0) is 12.8 Å². The molecule has 0 saturated carbocycles. The Kier molecular flexibility index (Phi) is 3.74. The molecule has 0 bridgehead atoms. The van der Waals surface area contributed by atoms with Crippen molar-refractivity contribution in [3.63, 3.8) is 0 Å². The second kappa shape index (κ2) is 4.51. The van der Waals surface area contributed by atoms with E-state index in [4.69, 9.17) is 5.41 Å². The van der Waals surface area contributed by atoms with Gasteiger partial charge in [0.15, 0.2) is 0 Å². The Bertz CT molecular complexity index is 383. The van der Waals surface area contributed by atoms with Gasteiger partial charge in [0.05, 0.1) is 5.70 Å². The number of hydrogen-bond donors (Lipinski definition) is 2. The van der Waals surface area contributed by atoms with E-state index in [2.05, 4.69) is 5.32 Å². The molecular weight excluding hydrogens is 255 g/mol. The summed E-state index contributed by atoms with van der Waals surface area (Å²) in [4.78, 5) is 0. The van der Waals surface area contributed by atoms with E-state index in [0.717, 1.165) is 0 Å². The van der Waals surface area contributed by atoms with Crippen LogP contribution in [0.25, 0.3) is 0 Å². The van der Waals surface area contributed by atoms with E-state index in [1.165, 1.54) is 20.8 Å². The summed E-state index contributed by atoms with van der Waals surface area (Å²) >= 11 is 0. The molecule has 1 aliphatic rings. The van der Waals surface area contributed by atoms with Crippen molar-refractivity contribution in [3.05, 3.63) is 11.3 Å². The molecule has 0 spiro atoms. The molecule has 1 rings (SSSR count). The van der Waals surface area contributed by atoms with Crippen LogP contribution in [-0.2, 0) is 0 Å². The van der Waals surface area contributed by atoms with Crippen LogP contribution in [-0.4, -0.2) is 24.4 Å². The van der Waals surface area contributed by atoms with Crippen molar-refractivity contribution in [2.75, 3.05) is 6.54 Å². The summed E-state index contributed by atoms with van der Waals surface area (Å²) in [5.74, 6) is -5.63. The van der Waals surface area contributed by atoms with Gasteiger partial charge >= 0.3 is 6.18 Å². The molecule has 0 heterocycles. The molecule has 1 aliphatic carbocycles. The van der Waals surface area contributed by atoms with Crippen molar-refractivity contribution in [1.82, 2.24) is 5.32 Å². The first-order valence-corrected chi connectivity index (χ1v) is 5.57. The van der Waals surface area contributed by atoms with E-state index in [1.54, 1.807) is 0 Å². The summed E-state index contributed by atoms with van der Waals surface area (Å²) in [6, 6.07) is 0. The van der Waals surface area contributed by atoms with Gasteiger partial charge in [0.25, 0.3) is 5.92 Å². The fourth-order valence-electron chi connectivity index (χ4n) is 2.09. The van der Waals surface area contributed by atoms with Crippen LogP contribution in [0.3, 0.4) is 0 Å². The van der Waals surface area contributed by atoms with Crippen LogP contribution in [0.5, 0.6) is 0 Å². The van der Waals surface area contributed by atoms with E-state index in [-0.39, 0.29) is 6.54 Å². The van der Waals surface area contributed by atoms with Gasteiger partial charge in [0.2, 0.25) is 0 Å². The van der Waals surface area contributed by atoms with E-state index in [0.29, 0.717) is 0 Å². The van der Waals surface area contributed by atoms with Gasteiger partial charge in [-0.2, -0.15) is 22.0 Å². The molecule has 0 amide bonds. The summed E-state index contributed by atoms with van der Waals surface area (Å²) in [5, 5.41) is 9.37. The number of hydrogen-bond acceptors (Lipinski definition) is 2. The highest BCUT2D eigenvalue weighted by Crippen LogP contribution is 2.48. The molecule has 0 aromatic rings. The maximum atomic E-state index is 13.9. The molecule has 0 aliphatic heterocycles. The predicted octanol–water partition coefficient (Wildman–Crippen LogP) is 3.35. The Morgan fingerprint density at radius 3 is 2.22 bits per heavy atom. The zero-order valence-corrected chi connectivity index (χ0v) is 10.3. The SMILES string of the molecule is CCNC1=C(C(=N)C(F)(F)F)C(C)C(C)C1(F)F. The van der Waals surface area contributed by atoms with Crippen LogP contribution in [0.2, 0.25) is 0 Å². The summed E-state index contributed by atoms with van der Waals surface area (Å²) in [6.45, 7) is 4.09. The number of halogens is 5. The number of alkyl halides is 5. The van der Waals surface area contributed by atoms with Crippen LogP contribution in [0.15, 0.2) is 11.3 Å². The van der Waals surface area contributed by atoms with Gasteiger partial charge < -0.3 is 5.32 Å². The molecule has 0 saturated heterocycles. The Labute approximate surface area is 102 Å². The van der Waals surface area contributed by atoms with E-state index in [1.807, 2.05) is 0 Å². The molecule has 18 heavy (non-hydrogen) atoms. The van der Waals surface area contributed by atoms with Gasteiger partial charge in [0.1, 0.15) is 5.71 Å². The highest BCUT2D eigenvalue weighted by atomic mass is 19.4. The zero-order chi connectivity index (χ0) is 14.3. The van der Waals surface area contributed by atoms with Crippen LogP contribution in [0.1, 0.15) is 20.8 Å². The summed E-state index contributed by atoms with van der Waals surface area (Å²) in [5.41, 5.74) is -3.07. The molecule has 0 aromatic heterocycles. The van der Waals surface area contributed by atoms with Gasteiger partial charge in [-0.3, -0.25) is 5.41 Å². The zero-order valence-electron chi connectivity index (χ0n) is 10.3. The molecule has 7 heteroatoms. The largest absolute Gasteiger partial charge is 0.433 e. The molecule has 2 unspecified atom stereocenters. The van der Waals surface area contributed by atoms with Gasteiger partial charge in [-0.15, -0.1) is 0 Å². The molecular formula is C11H15F5N2. The molecule has 2 N–H and O–H groups in total. The lowest BCUT2D eigenvalue weighted by Crippen LogP contribution is -2.33. The minimum absolute atomic E-state index is 0.0823. The van der Waals surface area contributed by atoms with Crippen LogP contribution >= 0.6 is 0 Å². The first-order valence-electron chi connectivity index (χ1n) is 5.57. The molecule has 104 valence electrons. The first-order chi connectivity index (χ1) is 8.05. The highest BCUT2D eigenvalue weighted by Gasteiger charge is 2.55. The van der Waals surface area contributed by atoms with E-state index >= 15 is 0 Å². The van der Waals surface area contributed by atoms with Gasteiger partial charge in [-0.25, -0.2) is 0 Å². The van der Waals surface area contributed by atoms with Gasteiger partial charge in [-0.1, -0.05) is 13.8 Å². The minimum Gasteiger partial charge on any atom is -0.383 e. The van der Waals surface area contributed by atoms with Crippen molar-refractivity contribution in [2.24, 2.45) is 11.8 Å². The highest BCUT2D eigenvalue weighted by molar-refractivity contribution is 6.03. The number of allylic oxidation sites excluding steroid dienone is 2. The summed E-state index contributed by atoms with van der Waals surface area (Å²) in [7, 11) is 0. The third-order valence-corrected chi connectivity index (χ3v) is 3.29. The number of rotatable bonds is 3. The summed E-state index contributed by atoms with van der Waals surface area (Å²) < 4.78 is 65.3. The molecule has 0 aromatic carbocycles. The van der Waals surface area contributed by atoms with Crippen LogP contribution in [0.4, 0.5) is 22.0 Å². The van der Waals surface area contributed by atoms with Crippen molar-refractivity contribution in [1.29, 1.82) is 5.41 Å². The topological polar surface area (TPSA) is 35.9 Å². The maximum Gasteiger partial charge on any atom is 0.433 e. The predicted molar refractivity (Wildman–Crippen MR) is 57.8 cm³/mol. The lowest BCUT2D eigenvalue weighted by atomic mass is 9.91. The standard InChI is InChI=1S/C11H15F5N2/c1-4-18-9-7(8(17)11(14,15)16)5(2)6(3)10(9,12)13/h5-6,17-18H,4H2,1-3H3. The third kappa shape index (κ3) is 2.22. The Hall–Kier alpha value is -1.14. The average Bonchev–Trinajstić information content (AvgIpc) is 2.39. The molecule has 0 radical (unpaired) electrons. The monoisotopic (exact) mass is 270 g/mol. The summed E-state index contributed by atoms with van der Waals surface area (Å²) in [6.07, 6.45) is -4.91. The average molecular weight is 270 g/mol. The molecule has 0 fully saturated rings. The Morgan fingerprint density at radius 1 is 1.33 bits per heavy atom. The van der Waals surface area contributed by atoms with Crippen LogP contribution < -0.4 is 5.32 Å². The van der Waals surface area contributed by atoms with Crippen molar-refractivity contribution >= 4 is 5.71 Å².